The third-order valence-electron chi connectivity index (χ3n) is 3.38. The van der Waals surface area contributed by atoms with E-state index in [-0.39, 0.29) is 51.3 Å². The van der Waals surface area contributed by atoms with E-state index in [0.29, 0.717) is 0 Å². The van der Waals surface area contributed by atoms with Gasteiger partial charge in [-0.25, -0.2) is 14.1 Å². The van der Waals surface area contributed by atoms with E-state index in [4.69, 9.17) is 27.3 Å². The van der Waals surface area contributed by atoms with E-state index in [1.807, 2.05) is 0 Å². The van der Waals surface area contributed by atoms with Crippen molar-refractivity contribution in [2.24, 2.45) is 10.9 Å². The van der Waals surface area contributed by atoms with Gasteiger partial charge in [-0.2, -0.15) is 8.42 Å². The molecule has 0 unspecified atom stereocenters. The molecule has 6 N–H and O–H groups in total. The summed E-state index contributed by atoms with van der Waals surface area (Å²) in [4.78, 5) is 44.1. The van der Waals surface area contributed by atoms with Crippen molar-refractivity contribution in [1.82, 2.24) is 14.6 Å². The number of anilines is 1. The van der Waals surface area contributed by atoms with Crippen LogP contribution in [0.25, 0.3) is 0 Å². The van der Waals surface area contributed by atoms with Crippen LogP contribution in [-0.2, 0) is 29.5 Å². The molecule has 2 rings (SSSR count). The molecule has 1 aliphatic rings. The van der Waals surface area contributed by atoms with Crippen molar-refractivity contribution in [3.63, 3.8) is 0 Å². The van der Waals surface area contributed by atoms with Crippen LogP contribution in [0.3, 0.4) is 0 Å². The molecule has 17 heteroatoms. The van der Waals surface area contributed by atoms with E-state index in [1.165, 1.54) is 5.38 Å². The van der Waals surface area contributed by atoms with Crippen molar-refractivity contribution in [3.05, 3.63) is 11.1 Å². The number of nitrogens with one attached hydrogen (secondary N) is 1. The van der Waals surface area contributed by atoms with Gasteiger partial charge in [-0.15, -0.1) is 17.8 Å². The number of oxime groups is 1. The Balaban J connectivity index is 0.00000450. The predicted octanol–water partition coefficient (Wildman–Crippen LogP) is -2.98. The molecule has 1 fully saturated rings. The zero-order chi connectivity index (χ0) is 21.8. The van der Waals surface area contributed by atoms with E-state index in [9.17, 15) is 22.8 Å². The van der Waals surface area contributed by atoms with Crippen LogP contribution in [0.5, 0.6) is 0 Å². The first-order valence-corrected chi connectivity index (χ1v) is 9.72. The Labute approximate surface area is 196 Å². The summed E-state index contributed by atoms with van der Waals surface area (Å²) in [7, 11) is -4.97. The van der Waals surface area contributed by atoms with Crippen molar-refractivity contribution < 1.29 is 36.9 Å². The van der Waals surface area contributed by atoms with Crippen molar-refractivity contribution in [2.75, 3.05) is 18.9 Å². The van der Waals surface area contributed by atoms with Crippen LogP contribution >= 0.6 is 11.3 Å². The summed E-state index contributed by atoms with van der Waals surface area (Å²) in [5.74, 6) is -0.0490. The first-order chi connectivity index (χ1) is 13.6. The Morgan fingerprint density at radius 3 is 2.67 bits per heavy atom. The zero-order valence-electron chi connectivity index (χ0n) is 14.3. The SMILES string of the molecule is C#CCO/N=C(\C(=O)N[C@@H]1C(=O)N(S(=O)(=O)O)[C@@H]1COC(N)=O)c1csc(N)n1.[NaH]. The molecule has 0 radical (unpaired) electrons. The molecule has 1 aliphatic heterocycles. The predicted molar refractivity (Wildman–Crippen MR) is 105 cm³/mol. The van der Waals surface area contributed by atoms with Crippen molar-refractivity contribution in [2.45, 2.75) is 12.1 Å². The number of aromatic nitrogens is 1. The minimum absolute atomic E-state index is 0. The van der Waals surface area contributed by atoms with Crippen LogP contribution in [0.4, 0.5) is 9.93 Å². The van der Waals surface area contributed by atoms with Crippen LogP contribution in [0, 0.1) is 12.3 Å². The molecule has 0 aliphatic carbocycles. The van der Waals surface area contributed by atoms with Crippen LogP contribution in [0.15, 0.2) is 10.5 Å². The fraction of sp³-hybridized carbons (Fsp3) is 0.308. The van der Waals surface area contributed by atoms with E-state index < -0.39 is 52.6 Å². The number of carbonyl (C=O) groups is 3. The number of rotatable bonds is 8. The Bertz CT molecular complexity index is 1000. The van der Waals surface area contributed by atoms with Gasteiger partial charge in [-0.05, 0) is 0 Å². The first kappa shape index (κ1) is 25.6. The maximum atomic E-state index is 12.6. The number of hydrogen-bond donors (Lipinski definition) is 4. The molecule has 0 aromatic carbocycles. The van der Waals surface area contributed by atoms with E-state index >= 15 is 0 Å². The molecule has 158 valence electrons. The molecule has 0 bridgehead atoms. The number of primary amides is 1. The summed E-state index contributed by atoms with van der Waals surface area (Å²) in [5, 5.41) is 7.25. The van der Waals surface area contributed by atoms with Gasteiger partial charge in [0.1, 0.15) is 24.4 Å². The fourth-order valence-corrected chi connectivity index (χ4v) is 3.65. The Hall–Kier alpha value is -2.42. The van der Waals surface area contributed by atoms with Gasteiger partial charge in [0.15, 0.2) is 17.5 Å². The summed E-state index contributed by atoms with van der Waals surface area (Å²) in [6.45, 7) is -0.986. The van der Waals surface area contributed by atoms with Crippen molar-refractivity contribution >= 4 is 79.9 Å². The third kappa shape index (κ3) is 6.04. The van der Waals surface area contributed by atoms with Crippen LogP contribution < -0.4 is 16.8 Å². The first-order valence-electron chi connectivity index (χ1n) is 7.44. The number of terminal acetylenes is 1. The van der Waals surface area contributed by atoms with Crippen LogP contribution in [-0.4, -0.2) is 101 Å². The van der Waals surface area contributed by atoms with Gasteiger partial charge in [0.25, 0.3) is 11.8 Å². The van der Waals surface area contributed by atoms with Gasteiger partial charge in [0.2, 0.25) is 0 Å². The van der Waals surface area contributed by atoms with E-state index in [1.54, 1.807) is 0 Å². The third-order valence-corrected chi connectivity index (χ3v) is 5.01. The summed E-state index contributed by atoms with van der Waals surface area (Å²) in [6, 6.07) is -2.93. The van der Waals surface area contributed by atoms with Crippen LogP contribution in [0.1, 0.15) is 5.69 Å². The second-order valence-corrected chi connectivity index (χ2v) is 7.43. The molecule has 30 heavy (non-hydrogen) atoms. The van der Waals surface area contributed by atoms with Gasteiger partial charge in [-0.1, -0.05) is 11.1 Å². The summed E-state index contributed by atoms with van der Waals surface area (Å²) in [6.07, 6.45) is 3.78. The van der Waals surface area contributed by atoms with Gasteiger partial charge < -0.3 is 26.4 Å². The monoisotopic (exact) mass is 470 g/mol. The van der Waals surface area contributed by atoms with Gasteiger partial charge in [0.05, 0.1) is 0 Å². The molecular weight excluding hydrogens is 455 g/mol. The van der Waals surface area contributed by atoms with Gasteiger partial charge >= 0.3 is 46.0 Å². The van der Waals surface area contributed by atoms with Gasteiger partial charge in [0, 0.05) is 5.38 Å². The molecule has 3 amide bonds. The molecule has 0 saturated carbocycles. The number of β-lactam (4-membered cyclic amide) rings is 1. The normalized spacial score (nSPS) is 18.5. The van der Waals surface area contributed by atoms with E-state index in [0.717, 1.165) is 11.3 Å². The number of nitrogens with two attached hydrogens (primary N) is 2. The number of thiazole rings is 1. The quantitative estimate of drug-likeness (QED) is 0.0575. The van der Waals surface area contributed by atoms with Crippen LogP contribution in [0.2, 0.25) is 0 Å². The molecule has 0 spiro atoms. The van der Waals surface area contributed by atoms with Crippen molar-refractivity contribution in [1.29, 1.82) is 0 Å². The Morgan fingerprint density at radius 1 is 1.50 bits per heavy atom. The summed E-state index contributed by atoms with van der Waals surface area (Å²) < 4.78 is 36.3. The molecule has 2 atom stereocenters. The molecule has 1 aromatic rings. The second-order valence-electron chi connectivity index (χ2n) is 5.25. The average molecular weight is 470 g/mol. The molecule has 14 nitrogen and oxygen atoms in total. The number of amides is 3. The summed E-state index contributed by atoms with van der Waals surface area (Å²) >= 11 is 0.995. The zero-order valence-corrected chi connectivity index (χ0v) is 16.0. The number of carbonyl (C=O) groups excluding carboxylic acids is 3. The molecular formula is C13H15N6NaO8S2. The standard InChI is InChI=1S/C13H14N6O8S2.Na.H/c1-2-3-27-18-8(6-5-28-12(14)16-6)10(20)17-9-7(4-26-13(15)22)19(11(9)21)29(23,24)25;;/h1,5,7,9H,3-4H2,(H2,14,16)(H2,15,22)(H,17,20)(H,23,24,25);;/b18-8-;;/t7-,9+;;/m1../s1. The molecule has 1 aromatic heterocycles. The Morgan fingerprint density at radius 2 is 2.17 bits per heavy atom. The second kappa shape index (κ2) is 10.6. The number of nitrogens with zero attached hydrogens (tertiary/aromatic N) is 3. The average Bonchev–Trinajstić information content (AvgIpc) is 3.04. The summed E-state index contributed by atoms with van der Waals surface area (Å²) in [5.41, 5.74) is 9.94. The molecule has 2 heterocycles. The fourth-order valence-electron chi connectivity index (χ4n) is 2.24. The van der Waals surface area contributed by atoms with Gasteiger partial charge in [-0.3, -0.25) is 14.1 Å². The van der Waals surface area contributed by atoms with Crippen molar-refractivity contribution in [3.8, 4) is 12.3 Å². The number of hydrogen-bond acceptors (Lipinski definition) is 11. The number of ether oxygens (including phenoxy) is 1. The van der Waals surface area contributed by atoms with E-state index in [2.05, 4.69) is 26.1 Å². The topological polar surface area (TPSA) is 217 Å². The maximum absolute atomic E-state index is 12.6. The minimum atomic E-state index is -4.97. The molecule has 1 saturated heterocycles. The Kier molecular flexibility index (Phi) is 9.02. The number of nitrogen functional groups attached to an aromatic ring is 1.